The summed E-state index contributed by atoms with van der Waals surface area (Å²) in [6.07, 6.45) is 4.15. The Kier molecular flexibility index (Phi) is 1.50. The highest BCUT2D eigenvalue weighted by Gasteiger charge is 2.40. The molecular weight excluding hydrogens is 158 g/mol. The molecule has 0 aliphatic carbocycles. The van der Waals surface area contributed by atoms with Gasteiger partial charge in [-0.3, -0.25) is 4.48 Å². The SMILES string of the molecule is c1ccc2c(c1)CC[N+]21CCCC1. The molecule has 0 amide bonds. The smallest absolute Gasteiger partial charge is 0.136 e. The lowest BCUT2D eigenvalue weighted by Crippen LogP contribution is -2.44. The third-order valence-corrected chi connectivity index (χ3v) is 3.73. The molecule has 0 atom stereocenters. The Balaban J connectivity index is 2.11. The molecule has 1 fully saturated rings. The lowest BCUT2D eigenvalue weighted by molar-refractivity contribution is 0.362. The van der Waals surface area contributed by atoms with Crippen LogP contribution in [0.2, 0.25) is 0 Å². The average Bonchev–Trinajstić information content (AvgIpc) is 2.78. The van der Waals surface area contributed by atoms with Gasteiger partial charge in [0.1, 0.15) is 5.69 Å². The number of hydrogen-bond acceptors (Lipinski definition) is 0. The lowest BCUT2D eigenvalue weighted by Gasteiger charge is -2.28. The van der Waals surface area contributed by atoms with E-state index in [4.69, 9.17) is 0 Å². The first-order valence-electron chi connectivity index (χ1n) is 5.35. The fourth-order valence-corrected chi connectivity index (χ4v) is 3.05. The van der Waals surface area contributed by atoms with Crippen molar-refractivity contribution in [2.75, 3.05) is 19.6 Å². The predicted octanol–water partition coefficient (Wildman–Crippen LogP) is 2.34. The van der Waals surface area contributed by atoms with Crippen LogP contribution in [0.5, 0.6) is 0 Å². The molecular formula is C12H16N+. The summed E-state index contributed by atoms with van der Waals surface area (Å²) in [7, 11) is 0. The van der Waals surface area contributed by atoms with Crippen LogP contribution < -0.4 is 4.48 Å². The fourth-order valence-electron chi connectivity index (χ4n) is 3.05. The van der Waals surface area contributed by atoms with Gasteiger partial charge in [-0.25, -0.2) is 0 Å². The van der Waals surface area contributed by atoms with E-state index in [0.717, 1.165) is 0 Å². The summed E-state index contributed by atoms with van der Waals surface area (Å²) >= 11 is 0. The zero-order valence-electron chi connectivity index (χ0n) is 8.00. The molecule has 0 unspecified atom stereocenters. The highest BCUT2D eigenvalue weighted by atomic mass is 15.4. The minimum absolute atomic E-state index is 1.30. The van der Waals surface area contributed by atoms with Gasteiger partial charge < -0.3 is 0 Å². The summed E-state index contributed by atoms with van der Waals surface area (Å²) in [4.78, 5) is 0. The topological polar surface area (TPSA) is 0 Å². The monoisotopic (exact) mass is 174 g/mol. The molecule has 13 heavy (non-hydrogen) atoms. The van der Waals surface area contributed by atoms with E-state index in [-0.39, 0.29) is 0 Å². The molecule has 0 N–H and O–H groups in total. The number of nitrogens with zero attached hydrogens (tertiary/aromatic N) is 1. The van der Waals surface area contributed by atoms with E-state index in [2.05, 4.69) is 24.3 Å². The summed E-state index contributed by atoms with van der Waals surface area (Å²) in [6, 6.07) is 9.02. The maximum atomic E-state index is 2.34. The molecule has 68 valence electrons. The van der Waals surface area contributed by atoms with Crippen molar-refractivity contribution in [3.05, 3.63) is 29.8 Å². The zero-order valence-corrected chi connectivity index (χ0v) is 8.00. The molecule has 0 bridgehead atoms. The van der Waals surface area contributed by atoms with Gasteiger partial charge in [-0.1, -0.05) is 18.2 Å². The van der Waals surface area contributed by atoms with Gasteiger partial charge in [-0.15, -0.1) is 0 Å². The van der Waals surface area contributed by atoms with E-state index in [1.54, 1.807) is 11.3 Å². The van der Waals surface area contributed by atoms with Crippen molar-refractivity contribution in [1.29, 1.82) is 0 Å². The number of rotatable bonds is 0. The van der Waals surface area contributed by atoms with Crippen LogP contribution in [0.1, 0.15) is 18.4 Å². The van der Waals surface area contributed by atoms with E-state index in [0.29, 0.717) is 0 Å². The van der Waals surface area contributed by atoms with Crippen LogP contribution in [0.3, 0.4) is 0 Å². The largest absolute Gasteiger partial charge is 0.291 e. The Morgan fingerprint density at radius 1 is 0.923 bits per heavy atom. The van der Waals surface area contributed by atoms with Crippen molar-refractivity contribution >= 4 is 5.69 Å². The number of quaternary nitrogens is 1. The molecule has 1 aromatic carbocycles. The van der Waals surface area contributed by atoms with Crippen LogP contribution in [-0.2, 0) is 6.42 Å². The Bertz CT molecular complexity index is 324. The molecule has 1 spiro atoms. The van der Waals surface area contributed by atoms with Gasteiger partial charge in [-0.2, -0.15) is 0 Å². The van der Waals surface area contributed by atoms with Crippen LogP contribution in [0.15, 0.2) is 24.3 Å². The van der Waals surface area contributed by atoms with Crippen LogP contribution >= 0.6 is 0 Å². The number of fused-ring (bicyclic) bond motifs is 2. The van der Waals surface area contributed by atoms with E-state index in [1.165, 1.54) is 43.4 Å². The van der Waals surface area contributed by atoms with E-state index < -0.39 is 0 Å². The maximum Gasteiger partial charge on any atom is 0.136 e. The second-order valence-corrected chi connectivity index (χ2v) is 4.40. The molecule has 0 saturated carbocycles. The molecule has 1 heteroatoms. The Morgan fingerprint density at radius 2 is 1.69 bits per heavy atom. The zero-order chi connectivity index (χ0) is 8.73. The lowest BCUT2D eigenvalue weighted by atomic mass is 10.2. The number of hydrogen-bond donors (Lipinski definition) is 0. The van der Waals surface area contributed by atoms with Crippen LogP contribution in [0, 0.1) is 0 Å². The molecule has 2 aliphatic heterocycles. The molecule has 0 radical (unpaired) electrons. The molecule has 1 aromatic rings. The second kappa shape index (κ2) is 2.58. The Morgan fingerprint density at radius 3 is 2.54 bits per heavy atom. The minimum atomic E-state index is 1.30. The standard InChI is InChI=1S/C12H16N/c1-2-6-12-11(5-1)7-10-13(12)8-3-4-9-13/h1-2,5-6H,3-4,7-10H2/q+1. The second-order valence-electron chi connectivity index (χ2n) is 4.40. The summed E-state index contributed by atoms with van der Waals surface area (Å²) in [6.45, 7) is 4.13. The van der Waals surface area contributed by atoms with Crippen molar-refractivity contribution < 1.29 is 0 Å². The van der Waals surface area contributed by atoms with E-state index >= 15 is 0 Å². The third kappa shape index (κ3) is 0.969. The number of benzene rings is 1. The highest BCUT2D eigenvalue weighted by Crippen LogP contribution is 2.37. The van der Waals surface area contributed by atoms with Crippen molar-refractivity contribution in [1.82, 2.24) is 4.48 Å². The van der Waals surface area contributed by atoms with Crippen molar-refractivity contribution in [2.24, 2.45) is 0 Å². The summed E-state index contributed by atoms with van der Waals surface area (Å²) in [5.41, 5.74) is 3.23. The minimum Gasteiger partial charge on any atom is -0.291 e. The normalized spacial score (nSPS) is 23.7. The van der Waals surface area contributed by atoms with Crippen molar-refractivity contribution in [3.63, 3.8) is 0 Å². The van der Waals surface area contributed by atoms with Crippen LogP contribution in [0.4, 0.5) is 5.69 Å². The van der Waals surface area contributed by atoms with Crippen molar-refractivity contribution in [2.45, 2.75) is 19.3 Å². The van der Waals surface area contributed by atoms with Gasteiger partial charge >= 0.3 is 0 Å². The third-order valence-electron chi connectivity index (χ3n) is 3.73. The molecule has 0 aromatic heterocycles. The first-order valence-corrected chi connectivity index (χ1v) is 5.35. The van der Waals surface area contributed by atoms with Gasteiger partial charge in [0.05, 0.1) is 19.6 Å². The molecule has 1 saturated heterocycles. The van der Waals surface area contributed by atoms with Gasteiger partial charge in [0.2, 0.25) is 0 Å². The van der Waals surface area contributed by atoms with E-state index in [1.807, 2.05) is 0 Å². The van der Waals surface area contributed by atoms with Crippen molar-refractivity contribution in [3.8, 4) is 0 Å². The average molecular weight is 174 g/mol. The molecule has 3 rings (SSSR count). The number of para-hydroxylation sites is 1. The summed E-state index contributed by atoms with van der Waals surface area (Å²) in [5, 5.41) is 0. The summed E-state index contributed by atoms with van der Waals surface area (Å²) in [5.74, 6) is 0. The maximum absolute atomic E-state index is 2.34. The highest BCUT2D eigenvalue weighted by molar-refractivity contribution is 5.55. The first kappa shape index (κ1) is 7.57. The van der Waals surface area contributed by atoms with E-state index in [9.17, 15) is 0 Å². The Labute approximate surface area is 79.6 Å². The fraction of sp³-hybridized carbons (Fsp3) is 0.500. The van der Waals surface area contributed by atoms with Crippen LogP contribution in [0.25, 0.3) is 0 Å². The molecule has 1 nitrogen and oxygen atoms in total. The first-order chi connectivity index (χ1) is 6.41. The predicted molar refractivity (Wildman–Crippen MR) is 55.8 cm³/mol. The van der Waals surface area contributed by atoms with Gasteiger partial charge in [0.15, 0.2) is 0 Å². The quantitative estimate of drug-likeness (QED) is 0.530. The molecule has 2 heterocycles. The van der Waals surface area contributed by atoms with Crippen LogP contribution in [-0.4, -0.2) is 19.6 Å². The van der Waals surface area contributed by atoms with Gasteiger partial charge in [0, 0.05) is 24.8 Å². The summed E-state index contributed by atoms with van der Waals surface area (Å²) < 4.78 is 1.30. The van der Waals surface area contributed by atoms with Gasteiger partial charge in [-0.05, 0) is 6.07 Å². The molecule has 2 aliphatic rings. The van der Waals surface area contributed by atoms with Gasteiger partial charge in [0.25, 0.3) is 0 Å². The Hall–Kier alpha value is -0.820.